The molecule has 88 valence electrons. The molecular weight excluding hydrogens is 242 g/mol. The summed E-state index contributed by atoms with van der Waals surface area (Å²) >= 11 is 8.15. The molecule has 1 aliphatic rings. The van der Waals surface area contributed by atoms with Gasteiger partial charge in [-0.15, -0.1) is 0 Å². The van der Waals surface area contributed by atoms with Gasteiger partial charge in [0.15, 0.2) is 0 Å². The molecule has 0 unspecified atom stereocenters. The van der Waals surface area contributed by atoms with E-state index in [4.69, 9.17) is 11.6 Å². The minimum Gasteiger partial charge on any atom is -0.355 e. The highest BCUT2D eigenvalue weighted by Gasteiger charge is 2.20. The lowest BCUT2D eigenvalue weighted by atomic mass is 10.1. The lowest BCUT2D eigenvalue weighted by Crippen LogP contribution is -2.34. The maximum absolute atomic E-state index is 6.16. The Morgan fingerprint density at radius 3 is 2.62 bits per heavy atom. The topological polar surface area (TPSA) is 29.0 Å². The van der Waals surface area contributed by atoms with Crippen molar-refractivity contribution >= 4 is 29.2 Å². The third-order valence-electron chi connectivity index (χ3n) is 2.70. The van der Waals surface area contributed by atoms with Crippen LogP contribution in [-0.4, -0.2) is 34.6 Å². The van der Waals surface area contributed by atoms with Crippen LogP contribution in [0.25, 0.3) is 0 Å². The summed E-state index contributed by atoms with van der Waals surface area (Å²) in [5, 5.41) is 0.596. The molecule has 0 N–H and O–H groups in total. The molecule has 1 aromatic heterocycles. The first-order valence-corrected chi connectivity index (χ1v) is 7.06. The number of thioether (sulfide) groups is 1. The van der Waals surface area contributed by atoms with E-state index in [1.807, 2.05) is 11.8 Å². The number of rotatable bonds is 2. The van der Waals surface area contributed by atoms with Crippen LogP contribution in [0.1, 0.15) is 25.3 Å². The van der Waals surface area contributed by atoms with Crippen LogP contribution in [-0.2, 0) is 0 Å². The van der Waals surface area contributed by atoms with Crippen molar-refractivity contribution in [3.05, 3.63) is 17.0 Å². The van der Waals surface area contributed by atoms with E-state index >= 15 is 0 Å². The Hall–Kier alpha value is -0.480. The van der Waals surface area contributed by atoms with Crippen molar-refractivity contribution in [2.45, 2.75) is 19.8 Å². The monoisotopic (exact) mass is 257 g/mol. The number of halogens is 1. The summed E-state index contributed by atoms with van der Waals surface area (Å²) in [6.07, 6.45) is 1.56. The van der Waals surface area contributed by atoms with E-state index in [0.717, 1.165) is 24.5 Å². The Kier molecular flexibility index (Phi) is 3.92. The predicted molar refractivity (Wildman–Crippen MR) is 70.7 cm³/mol. The van der Waals surface area contributed by atoms with Crippen molar-refractivity contribution in [3.8, 4) is 0 Å². The minimum atomic E-state index is 0.360. The second-order valence-corrected chi connectivity index (χ2v) is 5.74. The molecule has 0 aliphatic carbocycles. The van der Waals surface area contributed by atoms with Gasteiger partial charge in [-0.1, -0.05) is 25.4 Å². The van der Waals surface area contributed by atoms with Gasteiger partial charge in [0.25, 0.3) is 0 Å². The summed E-state index contributed by atoms with van der Waals surface area (Å²) in [6, 6.07) is 0. The number of hydrogen-bond acceptors (Lipinski definition) is 4. The molecule has 2 heterocycles. The highest BCUT2D eigenvalue weighted by molar-refractivity contribution is 7.99. The molecule has 1 fully saturated rings. The molecule has 1 saturated heterocycles. The SMILES string of the molecule is CC(C)c1c(Cl)ncnc1N1CCSCC1. The normalized spacial score (nSPS) is 16.9. The third-order valence-corrected chi connectivity index (χ3v) is 3.95. The standard InChI is InChI=1S/C11H16ClN3S/c1-8(2)9-10(12)13-7-14-11(9)15-3-5-16-6-4-15/h7-8H,3-6H2,1-2H3. The van der Waals surface area contributed by atoms with E-state index in [0.29, 0.717) is 11.1 Å². The van der Waals surface area contributed by atoms with Crippen LogP contribution >= 0.6 is 23.4 Å². The molecule has 0 bridgehead atoms. The van der Waals surface area contributed by atoms with Gasteiger partial charge in [-0.05, 0) is 5.92 Å². The minimum absolute atomic E-state index is 0.360. The molecule has 0 saturated carbocycles. The van der Waals surface area contributed by atoms with Gasteiger partial charge in [0.05, 0.1) is 0 Å². The van der Waals surface area contributed by atoms with E-state index in [1.54, 1.807) is 6.33 Å². The van der Waals surface area contributed by atoms with Gasteiger partial charge >= 0.3 is 0 Å². The maximum atomic E-state index is 6.16. The van der Waals surface area contributed by atoms with Gasteiger partial charge < -0.3 is 4.90 Å². The Bertz CT molecular complexity index is 364. The molecule has 5 heteroatoms. The molecule has 0 atom stereocenters. The number of anilines is 1. The lowest BCUT2D eigenvalue weighted by molar-refractivity contribution is 0.785. The molecule has 0 spiro atoms. The van der Waals surface area contributed by atoms with Crippen molar-refractivity contribution in [1.29, 1.82) is 0 Å². The Labute approximate surface area is 106 Å². The molecule has 0 aromatic carbocycles. The highest BCUT2D eigenvalue weighted by Crippen LogP contribution is 2.31. The average Bonchev–Trinajstić information content (AvgIpc) is 2.29. The Morgan fingerprint density at radius 2 is 2.00 bits per heavy atom. The fraction of sp³-hybridized carbons (Fsp3) is 0.636. The summed E-state index contributed by atoms with van der Waals surface area (Å²) in [6.45, 7) is 6.37. The van der Waals surface area contributed by atoms with Crippen molar-refractivity contribution in [3.63, 3.8) is 0 Å². The molecular formula is C11H16ClN3S. The molecule has 16 heavy (non-hydrogen) atoms. The van der Waals surface area contributed by atoms with E-state index in [-0.39, 0.29) is 0 Å². The zero-order valence-corrected chi connectivity index (χ0v) is 11.2. The summed E-state index contributed by atoms with van der Waals surface area (Å²) in [4.78, 5) is 10.8. The van der Waals surface area contributed by atoms with Crippen LogP contribution < -0.4 is 4.90 Å². The first-order valence-electron chi connectivity index (χ1n) is 5.53. The van der Waals surface area contributed by atoms with Gasteiger partial charge in [0, 0.05) is 30.2 Å². The molecule has 1 aromatic rings. The molecule has 0 radical (unpaired) electrons. The summed E-state index contributed by atoms with van der Waals surface area (Å²) in [5.41, 5.74) is 1.08. The van der Waals surface area contributed by atoms with Gasteiger partial charge in [-0.3, -0.25) is 0 Å². The van der Waals surface area contributed by atoms with Crippen molar-refractivity contribution in [2.24, 2.45) is 0 Å². The van der Waals surface area contributed by atoms with E-state index in [2.05, 4.69) is 28.7 Å². The highest BCUT2D eigenvalue weighted by atomic mass is 35.5. The van der Waals surface area contributed by atoms with Crippen LogP contribution in [0.5, 0.6) is 0 Å². The molecule has 0 amide bonds. The Morgan fingerprint density at radius 1 is 1.31 bits per heavy atom. The van der Waals surface area contributed by atoms with Crippen LogP contribution in [0.4, 0.5) is 5.82 Å². The fourth-order valence-corrected chi connectivity index (χ4v) is 3.14. The summed E-state index contributed by atoms with van der Waals surface area (Å²) in [7, 11) is 0. The summed E-state index contributed by atoms with van der Waals surface area (Å²) < 4.78 is 0. The van der Waals surface area contributed by atoms with Crippen molar-refractivity contribution in [1.82, 2.24) is 9.97 Å². The van der Waals surface area contributed by atoms with E-state index < -0.39 is 0 Å². The lowest BCUT2D eigenvalue weighted by Gasteiger charge is -2.30. The maximum Gasteiger partial charge on any atom is 0.138 e. The van der Waals surface area contributed by atoms with Crippen LogP contribution in [0, 0.1) is 0 Å². The molecule has 2 rings (SSSR count). The van der Waals surface area contributed by atoms with Crippen molar-refractivity contribution < 1.29 is 0 Å². The van der Waals surface area contributed by atoms with E-state index in [1.165, 1.54) is 11.5 Å². The second-order valence-electron chi connectivity index (χ2n) is 4.16. The summed E-state index contributed by atoms with van der Waals surface area (Å²) in [5.74, 6) is 3.71. The van der Waals surface area contributed by atoms with Gasteiger partial charge in [-0.2, -0.15) is 11.8 Å². The first-order chi connectivity index (χ1) is 7.70. The predicted octanol–water partition coefficient (Wildman–Crippen LogP) is 2.81. The van der Waals surface area contributed by atoms with Crippen LogP contribution in [0.15, 0.2) is 6.33 Å². The zero-order chi connectivity index (χ0) is 11.5. The largest absolute Gasteiger partial charge is 0.355 e. The molecule has 3 nitrogen and oxygen atoms in total. The third kappa shape index (κ3) is 2.43. The zero-order valence-electron chi connectivity index (χ0n) is 9.61. The second kappa shape index (κ2) is 5.23. The van der Waals surface area contributed by atoms with Gasteiger partial charge in [-0.25, -0.2) is 9.97 Å². The van der Waals surface area contributed by atoms with Crippen LogP contribution in [0.3, 0.4) is 0 Å². The van der Waals surface area contributed by atoms with Crippen molar-refractivity contribution in [2.75, 3.05) is 29.5 Å². The molecule has 1 aliphatic heterocycles. The average molecular weight is 258 g/mol. The number of aromatic nitrogens is 2. The smallest absolute Gasteiger partial charge is 0.138 e. The number of hydrogen-bond donors (Lipinski definition) is 0. The quantitative estimate of drug-likeness (QED) is 0.762. The number of nitrogens with zero attached hydrogens (tertiary/aromatic N) is 3. The first kappa shape index (κ1) is 12.0. The Balaban J connectivity index is 2.34. The van der Waals surface area contributed by atoms with Gasteiger partial charge in [0.1, 0.15) is 17.3 Å². The van der Waals surface area contributed by atoms with Gasteiger partial charge in [0.2, 0.25) is 0 Å². The fourth-order valence-electron chi connectivity index (χ4n) is 1.89. The van der Waals surface area contributed by atoms with E-state index in [9.17, 15) is 0 Å². The van der Waals surface area contributed by atoms with Crippen LogP contribution in [0.2, 0.25) is 5.15 Å².